The maximum atomic E-state index is 10.5. The molecular weight excluding hydrogens is 188 g/mol. The predicted molar refractivity (Wildman–Crippen MR) is 49.6 cm³/mol. The molecule has 0 saturated heterocycles. The lowest BCUT2D eigenvalue weighted by atomic mass is 10.1. The first-order chi connectivity index (χ1) is 6.59. The van der Waals surface area contributed by atoms with Crippen molar-refractivity contribution in [3.8, 4) is 0 Å². The van der Waals surface area contributed by atoms with Gasteiger partial charge in [0.1, 0.15) is 0 Å². The molecule has 6 nitrogen and oxygen atoms in total. The summed E-state index contributed by atoms with van der Waals surface area (Å²) in [7, 11) is 0. The van der Waals surface area contributed by atoms with Crippen molar-refractivity contribution in [2.75, 3.05) is 11.8 Å². The minimum Gasteiger partial charge on any atom is -0.762 e. The third-order valence-corrected chi connectivity index (χ3v) is 1.72. The summed E-state index contributed by atoms with van der Waals surface area (Å²) in [5, 5.41) is 37.2. The number of hydrogen-bond donors (Lipinski definition) is 2. The normalized spacial score (nSPS) is 10.6. The third-order valence-electron chi connectivity index (χ3n) is 1.72. The van der Waals surface area contributed by atoms with Crippen molar-refractivity contribution in [2.24, 2.45) is 0 Å². The molecule has 1 aromatic rings. The number of hydrogen-bond acceptors (Lipinski definition) is 6. The Morgan fingerprint density at radius 1 is 1.21 bits per heavy atom. The molecule has 0 atom stereocenters. The van der Waals surface area contributed by atoms with Gasteiger partial charge in [0.25, 0.3) is 0 Å². The van der Waals surface area contributed by atoms with Crippen LogP contribution in [0.15, 0.2) is 24.3 Å². The van der Waals surface area contributed by atoms with Gasteiger partial charge in [0.2, 0.25) is 0 Å². The highest BCUT2D eigenvalue weighted by molar-refractivity contribution is 5.46. The van der Waals surface area contributed by atoms with Crippen molar-refractivity contribution in [1.29, 1.82) is 0 Å². The van der Waals surface area contributed by atoms with Gasteiger partial charge in [0, 0.05) is 6.54 Å². The summed E-state index contributed by atoms with van der Waals surface area (Å²) in [5.74, 6) is 0. The molecule has 78 valence electrons. The van der Waals surface area contributed by atoms with Crippen molar-refractivity contribution in [3.05, 3.63) is 40.2 Å². The van der Waals surface area contributed by atoms with Crippen LogP contribution in [0.4, 0.5) is 5.69 Å². The smallest absolute Gasteiger partial charge is 0.0511 e. The predicted octanol–water partition coefficient (Wildman–Crippen LogP) is 1.11. The topological polar surface area (TPSA) is 93.1 Å². The molecular formula is C8H10N2O4-2. The summed E-state index contributed by atoms with van der Waals surface area (Å²) in [4.78, 5) is 0. The van der Waals surface area contributed by atoms with Crippen LogP contribution in [-0.4, -0.2) is 22.2 Å². The lowest BCUT2D eigenvalue weighted by molar-refractivity contribution is -0.0391. The summed E-state index contributed by atoms with van der Waals surface area (Å²) in [6, 6.07) is 6.15. The van der Waals surface area contributed by atoms with E-state index in [-0.39, 0.29) is 22.7 Å². The lowest BCUT2D eigenvalue weighted by Gasteiger charge is -2.23. The Balaban J connectivity index is 2.64. The van der Waals surface area contributed by atoms with Crippen LogP contribution < -0.4 is 5.23 Å². The number of rotatable bonds is 4. The van der Waals surface area contributed by atoms with Crippen molar-refractivity contribution < 1.29 is 10.4 Å². The second kappa shape index (κ2) is 4.89. The second-order valence-corrected chi connectivity index (χ2v) is 2.77. The van der Waals surface area contributed by atoms with Crippen molar-refractivity contribution in [1.82, 2.24) is 5.23 Å². The van der Waals surface area contributed by atoms with Gasteiger partial charge in [0.15, 0.2) is 0 Å². The minimum atomic E-state index is -0.253. The van der Waals surface area contributed by atoms with Gasteiger partial charge in [-0.3, -0.25) is 10.4 Å². The van der Waals surface area contributed by atoms with Crippen LogP contribution in [0.5, 0.6) is 0 Å². The summed E-state index contributed by atoms with van der Waals surface area (Å²) >= 11 is 0. The fraction of sp³-hybridized carbons (Fsp3) is 0.250. The molecule has 0 aliphatic carbocycles. The molecule has 0 heterocycles. The van der Waals surface area contributed by atoms with E-state index in [4.69, 9.17) is 10.4 Å². The summed E-state index contributed by atoms with van der Waals surface area (Å²) < 4.78 is 0. The Morgan fingerprint density at radius 3 is 2.50 bits per heavy atom. The molecule has 0 aromatic heterocycles. The Morgan fingerprint density at radius 2 is 1.93 bits per heavy atom. The van der Waals surface area contributed by atoms with Crippen LogP contribution in [0.3, 0.4) is 0 Å². The van der Waals surface area contributed by atoms with Gasteiger partial charge in [-0.2, -0.15) is 0 Å². The van der Waals surface area contributed by atoms with Crippen molar-refractivity contribution in [2.45, 2.75) is 6.42 Å². The highest BCUT2D eigenvalue weighted by Crippen LogP contribution is 2.13. The molecule has 0 amide bonds. The Hall–Kier alpha value is -1.18. The van der Waals surface area contributed by atoms with E-state index in [1.807, 2.05) is 0 Å². The fourth-order valence-electron chi connectivity index (χ4n) is 1.06. The minimum absolute atomic E-state index is 0.0757. The van der Waals surface area contributed by atoms with E-state index in [9.17, 15) is 10.4 Å². The zero-order valence-corrected chi connectivity index (χ0v) is 7.33. The quantitative estimate of drug-likeness (QED) is 0.704. The maximum Gasteiger partial charge on any atom is 0.0511 e. The van der Waals surface area contributed by atoms with Crippen molar-refractivity contribution >= 4 is 5.69 Å². The summed E-state index contributed by atoms with van der Waals surface area (Å²) in [6.07, 6.45) is 0.307. The number of hydroxylamine groups is 2. The van der Waals surface area contributed by atoms with E-state index in [0.717, 1.165) is 0 Å². The zero-order chi connectivity index (χ0) is 10.6. The van der Waals surface area contributed by atoms with E-state index < -0.39 is 0 Å². The first-order valence-electron chi connectivity index (χ1n) is 3.98. The van der Waals surface area contributed by atoms with Crippen LogP contribution in [0.25, 0.3) is 0 Å². The Bertz CT molecular complexity index is 290. The molecule has 0 saturated carbocycles. The molecule has 0 aliphatic heterocycles. The average molecular weight is 198 g/mol. The Labute approximate surface area is 80.7 Å². The van der Waals surface area contributed by atoms with Gasteiger partial charge in [-0.25, -0.2) is 0 Å². The van der Waals surface area contributed by atoms with Crippen LogP contribution >= 0.6 is 0 Å². The lowest BCUT2D eigenvalue weighted by Crippen LogP contribution is -2.14. The molecule has 0 radical (unpaired) electrons. The SMILES string of the molecule is [O-]N(O)CCc1cccc(N([O-])O)c1. The third kappa shape index (κ3) is 3.29. The van der Waals surface area contributed by atoms with Gasteiger partial charge < -0.3 is 20.8 Å². The maximum absolute atomic E-state index is 10.5. The highest BCUT2D eigenvalue weighted by atomic mass is 16.8. The first kappa shape index (κ1) is 10.9. The van der Waals surface area contributed by atoms with Crippen LogP contribution in [0.2, 0.25) is 0 Å². The second-order valence-electron chi connectivity index (χ2n) is 2.77. The highest BCUT2D eigenvalue weighted by Gasteiger charge is 1.96. The molecule has 14 heavy (non-hydrogen) atoms. The van der Waals surface area contributed by atoms with E-state index in [1.54, 1.807) is 12.1 Å². The molecule has 0 aliphatic rings. The van der Waals surface area contributed by atoms with Gasteiger partial charge in [0.05, 0.1) is 5.69 Å². The number of benzene rings is 1. The molecule has 1 rings (SSSR count). The van der Waals surface area contributed by atoms with E-state index >= 15 is 0 Å². The molecule has 0 unspecified atom stereocenters. The molecule has 0 bridgehead atoms. The largest absolute Gasteiger partial charge is 0.762 e. The van der Waals surface area contributed by atoms with E-state index in [1.165, 1.54) is 12.1 Å². The van der Waals surface area contributed by atoms with Gasteiger partial charge in [-0.1, -0.05) is 12.1 Å². The standard InChI is InChI=1S/C8H10N2O4/c11-9(12)5-4-7-2-1-3-8(6-7)10(13)14/h1-3,6,11,13H,4-5H2/q-2. The molecule has 1 aromatic carbocycles. The molecule has 2 N–H and O–H groups in total. The van der Waals surface area contributed by atoms with E-state index in [0.29, 0.717) is 12.0 Å². The van der Waals surface area contributed by atoms with Crippen molar-refractivity contribution in [3.63, 3.8) is 0 Å². The molecule has 6 heteroatoms. The van der Waals surface area contributed by atoms with Crippen LogP contribution in [0, 0.1) is 10.4 Å². The molecule has 0 spiro atoms. The molecule has 0 fully saturated rings. The summed E-state index contributed by atoms with van der Waals surface area (Å²) in [5.41, 5.74) is 0.783. The number of nitrogens with zero attached hydrogens (tertiary/aromatic N) is 2. The van der Waals surface area contributed by atoms with Gasteiger partial charge in [-0.05, 0) is 24.1 Å². The van der Waals surface area contributed by atoms with Crippen LogP contribution in [-0.2, 0) is 6.42 Å². The van der Waals surface area contributed by atoms with Gasteiger partial charge >= 0.3 is 0 Å². The fourth-order valence-corrected chi connectivity index (χ4v) is 1.06. The first-order valence-corrected chi connectivity index (χ1v) is 3.98. The Kier molecular flexibility index (Phi) is 3.81. The van der Waals surface area contributed by atoms with Crippen LogP contribution in [0.1, 0.15) is 5.56 Å². The van der Waals surface area contributed by atoms with E-state index in [2.05, 4.69) is 0 Å². The monoisotopic (exact) mass is 198 g/mol. The summed E-state index contributed by atoms with van der Waals surface area (Å²) in [6.45, 7) is -0.0757. The average Bonchev–Trinajstić information content (AvgIpc) is 2.15. The number of anilines is 1. The zero-order valence-electron chi connectivity index (χ0n) is 7.33. The van der Waals surface area contributed by atoms with Gasteiger partial charge in [-0.15, -0.1) is 0 Å².